The van der Waals surface area contributed by atoms with Gasteiger partial charge in [-0.05, 0) is 42.7 Å². The van der Waals surface area contributed by atoms with Crippen LogP contribution in [-0.4, -0.2) is 40.0 Å². The zero-order valence-corrected chi connectivity index (χ0v) is 17.0. The van der Waals surface area contributed by atoms with Gasteiger partial charge in [-0.2, -0.15) is 5.10 Å². The molecule has 0 saturated carbocycles. The fourth-order valence-corrected chi connectivity index (χ4v) is 3.72. The molecule has 1 fully saturated rings. The molecule has 8 heteroatoms. The zero-order valence-electron chi connectivity index (χ0n) is 17.0. The van der Waals surface area contributed by atoms with E-state index in [4.69, 9.17) is 0 Å². The molecule has 1 aliphatic heterocycles. The van der Waals surface area contributed by atoms with Gasteiger partial charge in [0.25, 0.3) is 0 Å². The molecular formula is C23H22F2N4O2. The molecule has 160 valence electrons. The van der Waals surface area contributed by atoms with Gasteiger partial charge in [0.1, 0.15) is 11.6 Å². The minimum absolute atomic E-state index is 0.00321. The lowest BCUT2D eigenvalue weighted by molar-refractivity contribution is -0.132. The Labute approximate surface area is 177 Å². The van der Waals surface area contributed by atoms with E-state index in [1.165, 1.54) is 25.1 Å². The van der Waals surface area contributed by atoms with Crippen LogP contribution in [0.3, 0.4) is 0 Å². The zero-order chi connectivity index (χ0) is 22.0. The van der Waals surface area contributed by atoms with Crippen LogP contribution in [0.1, 0.15) is 31.0 Å². The molecular weight excluding hydrogens is 402 g/mol. The molecule has 2 N–H and O–H groups in total. The summed E-state index contributed by atoms with van der Waals surface area (Å²) >= 11 is 0. The minimum atomic E-state index is -0.556. The predicted octanol–water partition coefficient (Wildman–Crippen LogP) is 4.21. The molecule has 1 saturated heterocycles. The molecule has 0 bridgehead atoms. The minimum Gasteiger partial charge on any atom is -0.343 e. The van der Waals surface area contributed by atoms with Crippen molar-refractivity contribution in [2.75, 3.05) is 18.4 Å². The Bertz CT molecular complexity index is 1150. The normalized spacial score (nSPS) is 15.0. The highest BCUT2D eigenvalue weighted by Gasteiger charge is 2.26. The lowest BCUT2D eigenvalue weighted by atomic mass is 9.95. The number of halogens is 2. The molecule has 0 radical (unpaired) electrons. The second kappa shape index (κ2) is 8.67. The maximum absolute atomic E-state index is 14.5. The molecule has 0 unspecified atom stereocenters. The number of aromatic nitrogens is 2. The smallest absolute Gasteiger partial charge is 0.227 e. The summed E-state index contributed by atoms with van der Waals surface area (Å²) in [5, 5.41) is 10.3. The van der Waals surface area contributed by atoms with Gasteiger partial charge in [-0.15, -0.1) is 0 Å². The number of hydrogen-bond donors (Lipinski definition) is 2. The van der Waals surface area contributed by atoms with Gasteiger partial charge in [0.2, 0.25) is 11.8 Å². The molecule has 3 aromatic rings. The first-order valence-corrected chi connectivity index (χ1v) is 10.1. The number of fused-ring (bicyclic) bond motifs is 1. The van der Waals surface area contributed by atoms with Crippen LogP contribution >= 0.6 is 0 Å². The van der Waals surface area contributed by atoms with E-state index < -0.39 is 5.82 Å². The van der Waals surface area contributed by atoms with E-state index in [2.05, 4.69) is 15.5 Å². The van der Waals surface area contributed by atoms with Gasteiger partial charge >= 0.3 is 0 Å². The fraction of sp³-hybridized carbons (Fsp3) is 0.261. The largest absolute Gasteiger partial charge is 0.343 e. The Kier molecular flexibility index (Phi) is 5.79. The van der Waals surface area contributed by atoms with Crippen molar-refractivity contribution in [1.82, 2.24) is 15.1 Å². The number of aromatic amines is 1. The van der Waals surface area contributed by atoms with Gasteiger partial charge in [0.15, 0.2) is 0 Å². The quantitative estimate of drug-likeness (QED) is 0.659. The van der Waals surface area contributed by atoms with Crippen molar-refractivity contribution in [3.05, 3.63) is 59.3 Å². The maximum Gasteiger partial charge on any atom is 0.227 e. The number of anilines is 1. The van der Waals surface area contributed by atoms with Gasteiger partial charge < -0.3 is 10.2 Å². The van der Waals surface area contributed by atoms with Crippen molar-refractivity contribution in [2.24, 2.45) is 5.92 Å². The summed E-state index contributed by atoms with van der Waals surface area (Å²) in [5.41, 5.74) is 1.96. The van der Waals surface area contributed by atoms with Gasteiger partial charge in [-0.25, -0.2) is 8.78 Å². The number of piperidine rings is 1. The Morgan fingerprint density at radius 2 is 1.84 bits per heavy atom. The molecule has 6 nitrogen and oxygen atoms in total. The number of H-pyrrole nitrogens is 1. The van der Waals surface area contributed by atoms with Crippen molar-refractivity contribution >= 4 is 40.6 Å². The third kappa shape index (κ3) is 4.63. The second-order valence-electron chi connectivity index (χ2n) is 7.64. The average molecular weight is 424 g/mol. The standard InChI is InChI=1S/C23H22F2N4O2/c1-14(30)29-10-8-16(9-11-29)23(31)26-22-12-18-20(27-28-21(18)13-19(22)25)7-4-15-2-5-17(24)6-3-15/h2-7,12-13,16H,8-11H2,1H3,(H,26,31)(H,27,28)/b7-4+. The van der Waals surface area contributed by atoms with E-state index in [0.717, 1.165) is 5.56 Å². The summed E-state index contributed by atoms with van der Waals surface area (Å²) < 4.78 is 27.6. The number of benzene rings is 2. The number of rotatable bonds is 4. The maximum atomic E-state index is 14.5. The average Bonchev–Trinajstić information content (AvgIpc) is 3.15. The Hall–Kier alpha value is -3.55. The number of likely N-dealkylation sites (tertiary alicyclic amines) is 1. The fourth-order valence-electron chi connectivity index (χ4n) is 3.72. The Balaban J connectivity index is 1.51. The molecule has 4 rings (SSSR count). The topological polar surface area (TPSA) is 78.1 Å². The first-order chi connectivity index (χ1) is 14.9. The predicted molar refractivity (Wildman–Crippen MR) is 115 cm³/mol. The van der Waals surface area contributed by atoms with E-state index >= 15 is 0 Å². The Morgan fingerprint density at radius 3 is 2.52 bits per heavy atom. The molecule has 31 heavy (non-hydrogen) atoms. The molecule has 0 atom stereocenters. The number of nitrogens with zero attached hydrogens (tertiary/aromatic N) is 2. The molecule has 0 aliphatic carbocycles. The number of carbonyl (C=O) groups excluding carboxylic acids is 2. The van der Waals surface area contributed by atoms with Gasteiger partial charge in [-0.3, -0.25) is 14.7 Å². The van der Waals surface area contributed by atoms with Crippen LogP contribution in [0, 0.1) is 17.6 Å². The van der Waals surface area contributed by atoms with Crippen molar-refractivity contribution in [1.29, 1.82) is 0 Å². The number of carbonyl (C=O) groups is 2. The van der Waals surface area contributed by atoms with Crippen molar-refractivity contribution in [2.45, 2.75) is 19.8 Å². The van der Waals surface area contributed by atoms with E-state index in [9.17, 15) is 18.4 Å². The molecule has 1 aliphatic rings. The first-order valence-electron chi connectivity index (χ1n) is 10.1. The Morgan fingerprint density at radius 1 is 1.13 bits per heavy atom. The van der Waals surface area contributed by atoms with Crippen LogP contribution < -0.4 is 5.32 Å². The van der Waals surface area contributed by atoms with Gasteiger partial charge in [0, 0.05) is 37.4 Å². The second-order valence-corrected chi connectivity index (χ2v) is 7.64. The highest BCUT2D eigenvalue weighted by atomic mass is 19.1. The molecule has 2 aromatic carbocycles. The van der Waals surface area contributed by atoms with Gasteiger partial charge in [-0.1, -0.05) is 18.2 Å². The van der Waals surface area contributed by atoms with Crippen molar-refractivity contribution < 1.29 is 18.4 Å². The SMILES string of the molecule is CC(=O)N1CCC(C(=O)Nc2cc3c(/C=C/c4ccc(F)cc4)n[nH]c3cc2F)CC1. The molecule has 2 amide bonds. The lowest BCUT2D eigenvalue weighted by Crippen LogP contribution is -2.40. The summed E-state index contributed by atoms with van der Waals surface area (Å²) in [6.07, 6.45) is 4.62. The molecule has 2 heterocycles. The van der Waals surface area contributed by atoms with Crippen LogP contribution in [0.2, 0.25) is 0 Å². The highest BCUT2D eigenvalue weighted by molar-refractivity contribution is 5.97. The third-order valence-electron chi connectivity index (χ3n) is 5.55. The van der Waals surface area contributed by atoms with Crippen LogP contribution in [0.4, 0.5) is 14.5 Å². The van der Waals surface area contributed by atoms with E-state index in [-0.39, 0.29) is 29.2 Å². The van der Waals surface area contributed by atoms with E-state index in [1.807, 2.05) is 0 Å². The van der Waals surface area contributed by atoms with Crippen molar-refractivity contribution in [3.63, 3.8) is 0 Å². The summed E-state index contributed by atoms with van der Waals surface area (Å²) in [5.74, 6) is -1.40. The van der Waals surface area contributed by atoms with E-state index in [1.54, 1.807) is 35.3 Å². The van der Waals surface area contributed by atoms with Crippen LogP contribution in [0.5, 0.6) is 0 Å². The van der Waals surface area contributed by atoms with Crippen LogP contribution in [0.25, 0.3) is 23.1 Å². The number of amides is 2. The summed E-state index contributed by atoms with van der Waals surface area (Å²) in [6, 6.07) is 8.87. The third-order valence-corrected chi connectivity index (χ3v) is 5.55. The van der Waals surface area contributed by atoms with Crippen molar-refractivity contribution in [3.8, 4) is 0 Å². The molecule has 0 spiro atoms. The molecule has 1 aromatic heterocycles. The number of nitrogens with one attached hydrogen (secondary N) is 2. The van der Waals surface area contributed by atoms with Gasteiger partial charge in [0.05, 0.1) is 16.9 Å². The number of hydrogen-bond acceptors (Lipinski definition) is 3. The summed E-state index contributed by atoms with van der Waals surface area (Å²) in [7, 11) is 0. The van der Waals surface area contributed by atoms with Crippen LogP contribution in [-0.2, 0) is 9.59 Å². The van der Waals surface area contributed by atoms with Crippen LogP contribution in [0.15, 0.2) is 36.4 Å². The first kappa shape index (κ1) is 20.7. The summed E-state index contributed by atoms with van der Waals surface area (Å²) in [6.45, 7) is 2.56. The van der Waals surface area contributed by atoms with E-state index in [0.29, 0.717) is 42.5 Å². The monoisotopic (exact) mass is 424 g/mol. The summed E-state index contributed by atoms with van der Waals surface area (Å²) in [4.78, 5) is 25.8. The lowest BCUT2D eigenvalue weighted by Gasteiger charge is -2.30. The highest BCUT2D eigenvalue weighted by Crippen LogP contribution is 2.27.